The van der Waals surface area contributed by atoms with Crippen molar-refractivity contribution in [1.82, 2.24) is 5.32 Å². The lowest BCUT2D eigenvalue weighted by molar-refractivity contribution is -0.302. The maximum Gasteiger partial charge on any atom is 0.220 e. The fraction of sp³-hybridized carbons (Fsp3) is 0.978. The SMILES string of the molecule is CCCCCCCCCCCCCCCCCCCCCCCCCCC(=O)NC(COC1OC(CO)C(O)C(O)C1O)C(O)CCCCCCCCC. The molecule has 1 saturated heterocycles. The molecule has 1 heterocycles. The van der Waals surface area contributed by atoms with E-state index in [1.807, 2.05) is 0 Å². The zero-order valence-electron chi connectivity index (χ0n) is 35.3. The number of rotatable bonds is 39. The molecule has 322 valence electrons. The smallest absolute Gasteiger partial charge is 0.220 e. The van der Waals surface area contributed by atoms with Gasteiger partial charge in [-0.3, -0.25) is 4.79 Å². The standard InChI is InChI=1S/C45H89NO8/c1-3-5-7-9-11-12-13-14-15-16-17-18-19-20-21-22-23-24-25-26-27-29-31-33-35-41(49)46-38(39(48)34-32-30-28-10-8-6-4-2)37-53-45-44(52)43(51)42(50)40(36-47)54-45/h38-40,42-45,47-48,50-52H,3-37H2,1-2H3,(H,46,49). The summed E-state index contributed by atoms with van der Waals surface area (Å²) in [6.07, 6.45) is 32.9. The Morgan fingerprint density at radius 2 is 0.926 bits per heavy atom. The van der Waals surface area contributed by atoms with Crippen LogP contribution < -0.4 is 5.32 Å². The summed E-state index contributed by atoms with van der Waals surface area (Å²) in [6.45, 7) is 3.80. The van der Waals surface area contributed by atoms with E-state index in [0.717, 1.165) is 38.5 Å². The topological polar surface area (TPSA) is 149 Å². The van der Waals surface area contributed by atoms with Gasteiger partial charge in [0.1, 0.15) is 24.4 Å². The fourth-order valence-corrected chi connectivity index (χ4v) is 7.69. The molecule has 7 atom stereocenters. The summed E-state index contributed by atoms with van der Waals surface area (Å²) < 4.78 is 11.2. The van der Waals surface area contributed by atoms with E-state index in [0.29, 0.717) is 12.8 Å². The highest BCUT2D eigenvalue weighted by Gasteiger charge is 2.44. The van der Waals surface area contributed by atoms with Gasteiger partial charge in [0.05, 0.1) is 25.4 Å². The summed E-state index contributed by atoms with van der Waals surface area (Å²) in [5.41, 5.74) is 0. The Balaban J connectivity index is 2.14. The van der Waals surface area contributed by atoms with Gasteiger partial charge >= 0.3 is 0 Å². The van der Waals surface area contributed by atoms with Crippen molar-refractivity contribution in [2.75, 3.05) is 13.2 Å². The van der Waals surface area contributed by atoms with Crippen molar-refractivity contribution in [2.24, 2.45) is 0 Å². The molecule has 1 fully saturated rings. The van der Waals surface area contributed by atoms with Crippen LogP contribution in [0.5, 0.6) is 0 Å². The van der Waals surface area contributed by atoms with Gasteiger partial charge in [-0.05, 0) is 12.8 Å². The number of ether oxygens (including phenoxy) is 2. The average Bonchev–Trinajstić information content (AvgIpc) is 3.17. The van der Waals surface area contributed by atoms with Crippen LogP contribution in [0.2, 0.25) is 0 Å². The van der Waals surface area contributed by atoms with Gasteiger partial charge in [-0.2, -0.15) is 0 Å². The molecule has 0 bridgehead atoms. The second-order valence-corrected chi connectivity index (χ2v) is 16.6. The Kier molecular flexibility index (Phi) is 34.6. The molecular formula is C45H89NO8. The summed E-state index contributed by atoms with van der Waals surface area (Å²) in [5.74, 6) is -0.144. The number of hydrogen-bond acceptors (Lipinski definition) is 8. The van der Waals surface area contributed by atoms with Gasteiger partial charge in [0.15, 0.2) is 6.29 Å². The van der Waals surface area contributed by atoms with Crippen molar-refractivity contribution in [3.63, 3.8) is 0 Å². The fourth-order valence-electron chi connectivity index (χ4n) is 7.69. The van der Waals surface area contributed by atoms with Crippen molar-refractivity contribution in [3.05, 3.63) is 0 Å². The van der Waals surface area contributed by atoms with E-state index in [1.54, 1.807) is 0 Å². The van der Waals surface area contributed by atoms with E-state index < -0.39 is 49.5 Å². The maximum atomic E-state index is 12.9. The van der Waals surface area contributed by atoms with Crippen LogP contribution in [0.3, 0.4) is 0 Å². The summed E-state index contributed by atoms with van der Waals surface area (Å²) in [7, 11) is 0. The first-order chi connectivity index (χ1) is 26.3. The molecule has 9 heteroatoms. The van der Waals surface area contributed by atoms with Gasteiger partial charge < -0.3 is 40.3 Å². The van der Waals surface area contributed by atoms with E-state index in [-0.39, 0.29) is 12.5 Å². The molecular weight excluding hydrogens is 682 g/mol. The van der Waals surface area contributed by atoms with Crippen molar-refractivity contribution in [3.8, 4) is 0 Å². The second kappa shape index (κ2) is 36.5. The van der Waals surface area contributed by atoms with E-state index in [9.17, 15) is 30.3 Å². The number of carbonyl (C=O) groups is 1. The monoisotopic (exact) mass is 772 g/mol. The number of nitrogens with one attached hydrogen (secondary N) is 1. The third kappa shape index (κ3) is 26.9. The number of carbonyl (C=O) groups excluding carboxylic acids is 1. The molecule has 1 rings (SSSR count). The number of aliphatic hydroxyl groups is 5. The second-order valence-electron chi connectivity index (χ2n) is 16.6. The van der Waals surface area contributed by atoms with Crippen LogP contribution in [0.4, 0.5) is 0 Å². The van der Waals surface area contributed by atoms with E-state index in [1.165, 1.54) is 161 Å². The minimum atomic E-state index is -1.55. The lowest BCUT2D eigenvalue weighted by atomic mass is 9.99. The normalized spacial score (nSPS) is 21.4. The Bertz CT molecular complexity index is 817. The third-order valence-corrected chi connectivity index (χ3v) is 11.5. The molecule has 7 unspecified atom stereocenters. The molecule has 1 aliphatic heterocycles. The quantitative estimate of drug-likeness (QED) is 0.0339. The number of amides is 1. The van der Waals surface area contributed by atoms with Gasteiger partial charge in [0.2, 0.25) is 5.91 Å². The molecule has 0 aromatic carbocycles. The van der Waals surface area contributed by atoms with Gasteiger partial charge in [0.25, 0.3) is 0 Å². The summed E-state index contributed by atoms with van der Waals surface area (Å²) >= 11 is 0. The molecule has 1 amide bonds. The van der Waals surface area contributed by atoms with Gasteiger partial charge in [-0.1, -0.05) is 206 Å². The molecule has 0 radical (unpaired) electrons. The Morgan fingerprint density at radius 1 is 0.556 bits per heavy atom. The molecule has 9 nitrogen and oxygen atoms in total. The minimum absolute atomic E-state index is 0.133. The lowest BCUT2D eigenvalue weighted by Gasteiger charge is -2.40. The van der Waals surface area contributed by atoms with E-state index in [4.69, 9.17) is 9.47 Å². The first-order valence-corrected chi connectivity index (χ1v) is 23.2. The molecule has 0 saturated carbocycles. The number of aliphatic hydroxyl groups excluding tert-OH is 5. The van der Waals surface area contributed by atoms with Crippen LogP contribution in [0.25, 0.3) is 0 Å². The summed E-state index contributed by atoms with van der Waals surface area (Å²) in [4.78, 5) is 12.9. The molecule has 54 heavy (non-hydrogen) atoms. The first kappa shape index (κ1) is 51.2. The zero-order chi connectivity index (χ0) is 39.5. The Labute approximate surface area is 332 Å². The highest BCUT2D eigenvalue weighted by molar-refractivity contribution is 5.76. The Morgan fingerprint density at radius 3 is 1.31 bits per heavy atom. The molecule has 0 spiro atoms. The first-order valence-electron chi connectivity index (χ1n) is 23.2. The predicted octanol–water partition coefficient (Wildman–Crippen LogP) is 9.56. The lowest BCUT2D eigenvalue weighted by Crippen LogP contribution is -2.60. The molecule has 1 aliphatic rings. The largest absolute Gasteiger partial charge is 0.394 e. The zero-order valence-corrected chi connectivity index (χ0v) is 35.3. The van der Waals surface area contributed by atoms with Crippen LogP contribution in [0, 0.1) is 0 Å². The van der Waals surface area contributed by atoms with Gasteiger partial charge in [-0.15, -0.1) is 0 Å². The molecule has 0 aliphatic carbocycles. The highest BCUT2D eigenvalue weighted by Crippen LogP contribution is 2.23. The van der Waals surface area contributed by atoms with Crippen molar-refractivity contribution in [1.29, 1.82) is 0 Å². The van der Waals surface area contributed by atoms with Crippen LogP contribution in [-0.4, -0.2) is 87.5 Å². The average molecular weight is 772 g/mol. The summed E-state index contributed by atoms with van der Waals surface area (Å²) in [5, 5.41) is 54.0. The van der Waals surface area contributed by atoms with Crippen molar-refractivity contribution >= 4 is 5.91 Å². The van der Waals surface area contributed by atoms with E-state index in [2.05, 4.69) is 19.2 Å². The molecule has 0 aromatic heterocycles. The van der Waals surface area contributed by atoms with Crippen LogP contribution in [0.1, 0.15) is 226 Å². The molecule has 0 aromatic rings. The maximum absolute atomic E-state index is 12.9. The van der Waals surface area contributed by atoms with Gasteiger partial charge in [0, 0.05) is 6.42 Å². The predicted molar refractivity (Wildman–Crippen MR) is 221 cm³/mol. The van der Waals surface area contributed by atoms with Crippen molar-refractivity contribution in [2.45, 2.75) is 269 Å². The molecule has 6 N–H and O–H groups in total. The number of unbranched alkanes of at least 4 members (excludes halogenated alkanes) is 29. The highest BCUT2D eigenvalue weighted by atomic mass is 16.7. The van der Waals surface area contributed by atoms with Crippen LogP contribution in [0.15, 0.2) is 0 Å². The third-order valence-electron chi connectivity index (χ3n) is 11.5. The summed E-state index contributed by atoms with van der Waals surface area (Å²) in [6, 6.07) is -0.709. The minimum Gasteiger partial charge on any atom is -0.394 e. The van der Waals surface area contributed by atoms with E-state index >= 15 is 0 Å². The van der Waals surface area contributed by atoms with Crippen LogP contribution >= 0.6 is 0 Å². The van der Waals surface area contributed by atoms with Gasteiger partial charge in [-0.25, -0.2) is 0 Å². The number of hydrogen-bond donors (Lipinski definition) is 6. The van der Waals surface area contributed by atoms with Crippen molar-refractivity contribution < 1.29 is 39.8 Å². The Hall–Kier alpha value is -0.810. The van der Waals surface area contributed by atoms with Crippen LogP contribution in [-0.2, 0) is 14.3 Å².